The van der Waals surface area contributed by atoms with Crippen LogP contribution in [0.4, 0.5) is 0 Å². The van der Waals surface area contributed by atoms with Gasteiger partial charge in [0.25, 0.3) is 0 Å². The molecule has 0 aliphatic carbocycles. The SMILES string of the molecule is C\C=C/C(=N\C=C\Br)C(c1c(O)cc(O)cc1CC)N1CCN(C(=O)CC2CCN(C)CC2)CC1.NC=O. The number of primary amides is 1. The fraction of sp³-hybridized carbons (Fsp3) is 0.536. The summed E-state index contributed by atoms with van der Waals surface area (Å²) >= 11 is 3.30. The first kappa shape index (κ1) is 31.5. The van der Waals surface area contributed by atoms with Gasteiger partial charge in [-0.2, -0.15) is 0 Å². The maximum absolute atomic E-state index is 13.0. The number of halogens is 1. The van der Waals surface area contributed by atoms with E-state index in [-0.39, 0.29) is 29.9 Å². The molecule has 1 atom stereocenters. The van der Waals surface area contributed by atoms with E-state index < -0.39 is 0 Å². The Kier molecular flexibility index (Phi) is 13.5. The van der Waals surface area contributed by atoms with E-state index >= 15 is 0 Å². The maximum atomic E-state index is 13.0. The summed E-state index contributed by atoms with van der Waals surface area (Å²) in [6, 6.07) is 2.82. The minimum atomic E-state index is -0.295. The van der Waals surface area contributed by atoms with E-state index in [0.717, 1.165) is 42.8 Å². The van der Waals surface area contributed by atoms with E-state index in [9.17, 15) is 15.0 Å². The van der Waals surface area contributed by atoms with Crippen molar-refractivity contribution < 1.29 is 19.8 Å². The molecule has 4 N–H and O–H groups in total. The Morgan fingerprint density at radius 1 is 1.18 bits per heavy atom. The number of benzene rings is 1. The van der Waals surface area contributed by atoms with Gasteiger partial charge in [0.15, 0.2) is 0 Å². The summed E-state index contributed by atoms with van der Waals surface area (Å²) in [7, 11) is 2.14. The number of phenolic OH excluding ortho intramolecular Hbond substituents is 2. The normalized spacial score (nSPS) is 18.9. The number of aromatic hydroxyl groups is 2. The number of piperazine rings is 1. The molecule has 2 fully saturated rings. The molecular weight excluding hydrogens is 550 g/mol. The van der Waals surface area contributed by atoms with Crippen molar-refractivity contribution in [2.75, 3.05) is 46.3 Å². The lowest BCUT2D eigenvalue weighted by atomic mass is 9.91. The van der Waals surface area contributed by atoms with E-state index in [1.165, 1.54) is 6.07 Å². The van der Waals surface area contributed by atoms with E-state index in [1.807, 2.05) is 30.9 Å². The molecule has 2 saturated heterocycles. The molecule has 9 nitrogen and oxygen atoms in total. The first-order valence-electron chi connectivity index (χ1n) is 13.2. The third kappa shape index (κ3) is 8.96. The molecule has 0 aromatic heterocycles. The average molecular weight is 593 g/mol. The quantitative estimate of drug-likeness (QED) is 0.314. The van der Waals surface area contributed by atoms with Crippen molar-refractivity contribution in [3.63, 3.8) is 0 Å². The summed E-state index contributed by atoms with van der Waals surface area (Å²) in [6.07, 6.45) is 9.33. The number of allylic oxidation sites excluding steroid dienone is 1. The molecule has 0 bridgehead atoms. The number of hydrogen-bond donors (Lipinski definition) is 3. The molecule has 2 aliphatic heterocycles. The van der Waals surface area contributed by atoms with Crippen LogP contribution in [0, 0.1) is 5.92 Å². The fourth-order valence-corrected chi connectivity index (χ4v) is 5.29. The predicted octanol–water partition coefficient (Wildman–Crippen LogP) is 3.56. The van der Waals surface area contributed by atoms with Crippen LogP contribution in [0.2, 0.25) is 0 Å². The van der Waals surface area contributed by atoms with E-state index in [2.05, 4.69) is 43.5 Å². The van der Waals surface area contributed by atoms with Gasteiger partial charge in [0, 0.05) is 50.4 Å². The summed E-state index contributed by atoms with van der Waals surface area (Å²) < 4.78 is 0. The molecule has 0 saturated carbocycles. The summed E-state index contributed by atoms with van der Waals surface area (Å²) in [5.74, 6) is 0.848. The van der Waals surface area contributed by atoms with Gasteiger partial charge in [0.2, 0.25) is 12.3 Å². The number of rotatable bonds is 8. The number of phenols is 2. The molecule has 1 unspecified atom stereocenters. The molecule has 38 heavy (non-hydrogen) atoms. The molecule has 2 amide bonds. The van der Waals surface area contributed by atoms with E-state index in [1.54, 1.807) is 17.3 Å². The van der Waals surface area contributed by atoms with Crippen LogP contribution in [0.15, 0.2) is 40.5 Å². The summed E-state index contributed by atoms with van der Waals surface area (Å²) in [5, 5.41) is 21.0. The molecule has 1 aromatic rings. The number of amides is 2. The van der Waals surface area contributed by atoms with Gasteiger partial charge in [-0.3, -0.25) is 19.5 Å². The second-order valence-corrected chi connectivity index (χ2v) is 10.2. The fourth-order valence-electron chi connectivity index (χ4n) is 5.17. The van der Waals surface area contributed by atoms with Gasteiger partial charge in [0.1, 0.15) is 11.5 Å². The van der Waals surface area contributed by atoms with Gasteiger partial charge in [-0.05, 0) is 74.9 Å². The van der Waals surface area contributed by atoms with Crippen LogP contribution in [0.1, 0.15) is 50.3 Å². The Hall–Kier alpha value is -2.69. The van der Waals surface area contributed by atoms with Crippen molar-refractivity contribution in [3.8, 4) is 11.5 Å². The van der Waals surface area contributed by atoms with Crippen molar-refractivity contribution >= 4 is 34.0 Å². The van der Waals surface area contributed by atoms with Crippen LogP contribution < -0.4 is 5.73 Å². The Bertz CT molecular complexity index is 997. The highest BCUT2D eigenvalue weighted by atomic mass is 79.9. The van der Waals surface area contributed by atoms with E-state index in [0.29, 0.717) is 44.9 Å². The van der Waals surface area contributed by atoms with Gasteiger partial charge < -0.3 is 25.7 Å². The zero-order chi connectivity index (χ0) is 28.1. The molecule has 0 radical (unpaired) electrons. The molecule has 1 aromatic carbocycles. The molecular formula is C28H42BrN5O4. The number of aliphatic imine (C=N–C) groups is 1. The Morgan fingerprint density at radius 2 is 1.82 bits per heavy atom. The highest BCUT2D eigenvalue weighted by Crippen LogP contribution is 2.37. The minimum absolute atomic E-state index is 0.0519. The zero-order valence-corrected chi connectivity index (χ0v) is 24.3. The van der Waals surface area contributed by atoms with Gasteiger partial charge in [-0.15, -0.1) is 0 Å². The Labute approximate surface area is 234 Å². The third-order valence-electron chi connectivity index (χ3n) is 7.11. The van der Waals surface area contributed by atoms with E-state index in [4.69, 9.17) is 4.79 Å². The summed E-state index contributed by atoms with van der Waals surface area (Å²) in [5.41, 5.74) is 6.61. The van der Waals surface area contributed by atoms with Crippen LogP contribution in [-0.4, -0.2) is 89.3 Å². The van der Waals surface area contributed by atoms with Gasteiger partial charge in [-0.25, -0.2) is 0 Å². The third-order valence-corrected chi connectivity index (χ3v) is 7.35. The second-order valence-electron chi connectivity index (χ2n) is 9.63. The number of hydrogen-bond acceptors (Lipinski definition) is 7. The van der Waals surface area contributed by atoms with Crippen LogP contribution in [0.25, 0.3) is 0 Å². The lowest BCUT2D eigenvalue weighted by molar-refractivity contribution is -0.134. The maximum Gasteiger partial charge on any atom is 0.222 e. The van der Waals surface area contributed by atoms with Gasteiger partial charge in [0.05, 0.1) is 11.8 Å². The molecule has 0 spiro atoms. The topological polar surface area (TPSA) is 123 Å². The van der Waals surface area contributed by atoms with Crippen LogP contribution >= 0.6 is 15.9 Å². The second kappa shape index (κ2) is 16.3. The average Bonchev–Trinajstić information content (AvgIpc) is 2.90. The highest BCUT2D eigenvalue weighted by molar-refractivity contribution is 9.11. The van der Waals surface area contributed by atoms with Gasteiger partial charge in [-0.1, -0.05) is 28.9 Å². The van der Waals surface area contributed by atoms with Crippen molar-refractivity contribution in [3.05, 3.63) is 46.6 Å². The van der Waals surface area contributed by atoms with Crippen molar-refractivity contribution in [1.82, 2.24) is 14.7 Å². The summed E-state index contributed by atoms with van der Waals surface area (Å²) in [4.78, 5) is 34.6. The van der Waals surface area contributed by atoms with Crippen LogP contribution in [-0.2, 0) is 16.0 Å². The molecule has 10 heteroatoms. The molecule has 2 aliphatic rings. The highest BCUT2D eigenvalue weighted by Gasteiger charge is 2.33. The monoisotopic (exact) mass is 591 g/mol. The van der Waals surface area contributed by atoms with Crippen molar-refractivity contribution in [2.45, 2.75) is 45.6 Å². The molecule has 2 heterocycles. The number of aryl methyl sites for hydroxylation is 1. The number of nitrogens with zero attached hydrogens (tertiary/aromatic N) is 4. The number of likely N-dealkylation sites (tertiary alicyclic amines) is 1. The number of nitrogens with two attached hydrogens (primary N) is 1. The lowest BCUT2D eigenvalue weighted by Gasteiger charge is -2.40. The van der Waals surface area contributed by atoms with Crippen LogP contribution in [0.3, 0.4) is 0 Å². The van der Waals surface area contributed by atoms with Crippen molar-refractivity contribution in [2.24, 2.45) is 16.6 Å². The summed E-state index contributed by atoms with van der Waals surface area (Å²) in [6.45, 7) is 8.77. The number of piperidine rings is 1. The Balaban J connectivity index is 0.00000161. The van der Waals surface area contributed by atoms with Crippen molar-refractivity contribution in [1.29, 1.82) is 0 Å². The lowest BCUT2D eigenvalue weighted by Crippen LogP contribution is -2.51. The largest absolute Gasteiger partial charge is 0.508 e. The predicted molar refractivity (Wildman–Crippen MR) is 155 cm³/mol. The zero-order valence-electron chi connectivity index (χ0n) is 22.7. The minimum Gasteiger partial charge on any atom is -0.508 e. The number of carbonyl (C=O) groups excluding carboxylic acids is 2. The number of carbonyl (C=O) groups is 2. The Morgan fingerprint density at radius 3 is 2.37 bits per heavy atom. The van der Waals surface area contributed by atoms with Crippen LogP contribution in [0.5, 0.6) is 11.5 Å². The van der Waals surface area contributed by atoms with Gasteiger partial charge >= 0.3 is 0 Å². The smallest absolute Gasteiger partial charge is 0.222 e. The standard InChI is InChI=1S/C27H39BrN4O3.CH3NO/c1-4-6-23(29-10-9-28)27(26-21(5-2)18-22(33)19-24(26)34)32-15-13-31(14-16-32)25(35)17-20-7-11-30(3)12-8-20;2-1-3/h4,6,9-10,18-20,27,33-34H,5,7-8,11-17H2,1-3H3;1H,(H2,2,3)/b6-4-,10-9+,29-23+;. The molecule has 3 rings (SSSR count). The molecule has 210 valence electrons. The first-order chi connectivity index (χ1) is 18.3. The first-order valence-corrected chi connectivity index (χ1v) is 14.1.